The van der Waals surface area contributed by atoms with Crippen molar-refractivity contribution in [3.05, 3.63) is 16.4 Å². The minimum atomic E-state index is -0.512. The third-order valence-electron chi connectivity index (χ3n) is 3.69. The Labute approximate surface area is 121 Å². The quantitative estimate of drug-likeness (QED) is 0.637. The number of hydrogen-bond acceptors (Lipinski definition) is 7. The molecule has 110 valence electrons. The van der Waals surface area contributed by atoms with Gasteiger partial charge in [0.25, 0.3) is 5.88 Å². The topological polar surface area (TPSA) is 90.2 Å². The van der Waals surface area contributed by atoms with E-state index in [9.17, 15) is 10.1 Å². The Morgan fingerprint density at radius 2 is 2.20 bits per heavy atom. The summed E-state index contributed by atoms with van der Waals surface area (Å²) in [6, 6.07) is 0. The molecule has 0 unspecified atom stereocenters. The average Bonchev–Trinajstić information content (AvgIpc) is 2.93. The summed E-state index contributed by atoms with van der Waals surface area (Å²) < 4.78 is 5.08. The van der Waals surface area contributed by atoms with Crippen LogP contribution in [0.5, 0.6) is 5.88 Å². The summed E-state index contributed by atoms with van der Waals surface area (Å²) >= 11 is 1.82. The Morgan fingerprint density at radius 1 is 1.50 bits per heavy atom. The fourth-order valence-electron chi connectivity index (χ4n) is 2.52. The summed E-state index contributed by atoms with van der Waals surface area (Å²) in [4.78, 5) is 18.4. The number of nitrogens with one attached hydrogen (secondary N) is 1. The maximum absolute atomic E-state index is 11.1. The van der Waals surface area contributed by atoms with Gasteiger partial charge in [-0.25, -0.2) is 4.98 Å². The van der Waals surface area contributed by atoms with Crippen molar-refractivity contribution in [3.8, 4) is 5.88 Å². The van der Waals surface area contributed by atoms with Crippen molar-refractivity contribution in [1.29, 1.82) is 0 Å². The highest BCUT2D eigenvalue weighted by Gasteiger charge is 2.34. The first-order chi connectivity index (χ1) is 9.62. The first kappa shape index (κ1) is 14.8. The van der Waals surface area contributed by atoms with Crippen molar-refractivity contribution in [2.45, 2.75) is 30.4 Å². The van der Waals surface area contributed by atoms with Gasteiger partial charge in [-0.3, -0.25) is 10.1 Å². The Hall–Kier alpha value is -1.57. The fraction of sp³-hybridized carbons (Fsp3) is 0.667. The van der Waals surface area contributed by atoms with E-state index in [1.165, 1.54) is 26.3 Å². The van der Waals surface area contributed by atoms with E-state index in [1.54, 1.807) is 0 Å². The van der Waals surface area contributed by atoms with Crippen molar-refractivity contribution in [2.75, 3.05) is 25.2 Å². The van der Waals surface area contributed by atoms with E-state index in [1.807, 2.05) is 11.8 Å². The van der Waals surface area contributed by atoms with E-state index in [4.69, 9.17) is 4.74 Å². The van der Waals surface area contributed by atoms with Crippen LogP contribution in [0.1, 0.15) is 25.7 Å². The van der Waals surface area contributed by atoms with E-state index < -0.39 is 4.92 Å². The fourth-order valence-corrected chi connectivity index (χ4v) is 3.44. The van der Waals surface area contributed by atoms with E-state index in [0.29, 0.717) is 6.54 Å². The maximum Gasteiger partial charge on any atom is 0.372 e. The van der Waals surface area contributed by atoms with Crippen LogP contribution in [0.4, 0.5) is 11.5 Å². The Bertz CT molecular complexity index is 492. The molecule has 0 aromatic carbocycles. The number of hydrogen-bond donors (Lipinski definition) is 1. The van der Waals surface area contributed by atoms with Gasteiger partial charge in [0.15, 0.2) is 0 Å². The molecule has 0 saturated heterocycles. The zero-order valence-electron chi connectivity index (χ0n) is 11.6. The first-order valence-electron chi connectivity index (χ1n) is 6.44. The van der Waals surface area contributed by atoms with Gasteiger partial charge in [-0.15, -0.1) is 0 Å². The molecule has 0 atom stereocenters. The Morgan fingerprint density at radius 3 is 2.75 bits per heavy atom. The SMILES string of the molecule is COc1ncnc(NCC2(SC)CCCC2)c1[N+](=O)[O-]. The van der Waals surface area contributed by atoms with Gasteiger partial charge in [-0.2, -0.15) is 16.7 Å². The maximum atomic E-state index is 11.1. The van der Waals surface area contributed by atoms with Gasteiger partial charge >= 0.3 is 5.69 Å². The van der Waals surface area contributed by atoms with Crippen molar-refractivity contribution in [3.63, 3.8) is 0 Å². The van der Waals surface area contributed by atoms with Crippen molar-refractivity contribution >= 4 is 23.3 Å². The summed E-state index contributed by atoms with van der Waals surface area (Å²) in [6.45, 7) is 0.662. The predicted octanol–water partition coefficient (Wildman–Crippen LogP) is 2.48. The first-order valence-corrected chi connectivity index (χ1v) is 7.67. The monoisotopic (exact) mass is 298 g/mol. The van der Waals surface area contributed by atoms with Crippen LogP contribution in [0, 0.1) is 10.1 Å². The lowest BCUT2D eigenvalue weighted by atomic mass is 10.1. The van der Waals surface area contributed by atoms with E-state index in [-0.39, 0.29) is 22.1 Å². The van der Waals surface area contributed by atoms with Crippen LogP contribution >= 0.6 is 11.8 Å². The number of aromatic nitrogens is 2. The van der Waals surface area contributed by atoms with Crippen LogP contribution in [-0.4, -0.2) is 39.5 Å². The van der Waals surface area contributed by atoms with Gasteiger partial charge in [0.1, 0.15) is 6.33 Å². The normalized spacial score (nSPS) is 16.9. The van der Waals surface area contributed by atoms with Gasteiger partial charge in [0, 0.05) is 11.3 Å². The Kier molecular flexibility index (Phi) is 4.64. The lowest BCUT2D eigenvalue weighted by molar-refractivity contribution is -0.385. The molecule has 1 N–H and O–H groups in total. The van der Waals surface area contributed by atoms with Gasteiger partial charge in [0.2, 0.25) is 5.82 Å². The number of nitrogens with zero attached hydrogens (tertiary/aromatic N) is 3. The number of thioether (sulfide) groups is 1. The molecule has 8 heteroatoms. The highest BCUT2D eigenvalue weighted by Crippen LogP contribution is 2.41. The third-order valence-corrected chi connectivity index (χ3v) is 5.11. The Balaban J connectivity index is 2.19. The largest absolute Gasteiger partial charge is 0.476 e. The summed E-state index contributed by atoms with van der Waals surface area (Å²) in [7, 11) is 1.36. The smallest absolute Gasteiger partial charge is 0.372 e. The predicted molar refractivity (Wildman–Crippen MR) is 78.4 cm³/mol. The van der Waals surface area contributed by atoms with Gasteiger partial charge < -0.3 is 10.1 Å². The molecule has 7 nitrogen and oxygen atoms in total. The second-order valence-electron chi connectivity index (χ2n) is 4.79. The van der Waals surface area contributed by atoms with Gasteiger partial charge in [-0.05, 0) is 19.1 Å². The van der Waals surface area contributed by atoms with Gasteiger partial charge in [0.05, 0.1) is 12.0 Å². The summed E-state index contributed by atoms with van der Waals surface area (Å²) in [5.74, 6) is 0.208. The molecule has 1 fully saturated rings. The zero-order valence-corrected chi connectivity index (χ0v) is 12.4. The number of anilines is 1. The van der Waals surface area contributed by atoms with Crippen molar-refractivity contribution in [2.24, 2.45) is 0 Å². The van der Waals surface area contributed by atoms with E-state index in [2.05, 4.69) is 21.5 Å². The van der Waals surface area contributed by atoms with Crippen LogP contribution in [0.25, 0.3) is 0 Å². The molecule has 1 aromatic rings. The second-order valence-corrected chi connectivity index (χ2v) is 6.06. The van der Waals surface area contributed by atoms with Crippen molar-refractivity contribution in [1.82, 2.24) is 9.97 Å². The van der Waals surface area contributed by atoms with Crippen LogP contribution in [0.15, 0.2) is 6.33 Å². The lowest BCUT2D eigenvalue weighted by Crippen LogP contribution is -2.30. The molecular formula is C12H18N4O3S. The number of rotatable bonds is 6. The highest BCUT2D eigenvalue weighted by atomic mass is 32.2. The number of ether oxygens (including phenoxy) is 1. The molecule has 1 saturated carbocycles. The summed E-state index contributed by atoms with van der Waals surface area (Å²) in [5, 5.41) is 14.3. The zero-order chi connectivity index (χ0) is 14.6. The molecule has 0 spiro atoms. The summed E-state index contributed by atoms with van der Waals surface area (Å²) in [6.07, 6.45) is 8.01. The van der Waals surface area contributed by atoms with E-state index in [0.717, 1.165) is 12.8 Å². The highest BCUT2D eigenvalue weighted by molar-refractivity contribution is 8.00. The van der Waals surface area contributed by atoms with Crippen LogP contribution in [0.3, 0.4) is 0 Å². The molecule has 1 aliphatic rings. The average molecular weight is 298 g/mol. The van der Waals surface area contributed by atoms with E-state index >= 15 is 0 Å². The molecule has 0 amide bonds. The van der Waals surface area contributed by atoms with Crippen molar-refractivity contribution < 1.29 is 9.66 Å². The molecule has 1 aliphatic carbocycles. The number of nitro groups is 1. The standard InChI is InChI=1S/C12H18N4O3S/c1-19-11-9(16(17)18)10(14-8-15-11)13-7-12(20-2)5-3-4-6-12/h8H,3-7H2,1-2H3,(H,13,14,15). The van der Waals surface area contributed by atoms with Crippen LogP contribution < -0.4 is 10.1 Å². The molecule has 20 heavy (non-hydrogen) atoms. The van der Waals surface area contributed by atoms with Crippen LogP contribution in [-0.2, 0) is 0 Å². The second kappa shape index (κ2) is 6.25. The van der Waals surface area contributed by atoms with Gasteiger partial charge in [-0.1, -0.05) is 12.8 Å². The van der Waals surface area contributed by atoms with Crippen LogP contribution in [0.2, 0.25) is 0 Å². The molecule has 0 radical (unpaired) electrons. The third kappa shape index (κ3) is 2.95. The molecule has 1 heterocycles. The minimum absolute atomic E-state index is 0.0166. The molecule has 0 bridgehead atoms. The molecule has 0 aliphatic heterocycles. The lowest BCUT2D eigenvalue weighted by Gasteiger charge is -2.27. The minimum Gasteiger partial charge on any atom is -0.476 e. The number of methoxy groups -OCH3 is 1. The summed E-state index contributed by atoms with van der Waals surface area (Å²) in [5.41, 5.74) is -0.204. The molecule has 1 aromatic heterocycles. The molecular weight excluding hydrogens is 280 g/mol. The molecule has 2 rings (SSSR count).